The van der Waals surface area contributed by atoms with Crippen molar-refractivity contribution in [2.45, 2.75) is 37.8 Å². The second-order valence-electron chi connectivity index (χ2n) is 9.40. The van der Waals surface area contributed by atoms with E-state index < -0.39 is 34.7 Å². The molecule has 0 aliphatic heterocycles. The molecule has 5 aromatic rings. The summed E-state index contributed by atoms with van der Waals surface area (Å²) in [5.74, 6) is -3.27. The molecule has 1 N–H and O–H groups in total. The lowest BCUT2D eigenvalue weighted by Gasteiger charge is -2.30. The van der Waals surface area contributed by atoms with Crippen LogP contribution in [0.15, 0.2) is 64.4 Å². The van der Waals surface area contributed by atoms with Gasteiger partial charge in [-0.1, -0.05) is 6.07 Å². The van der Waals surface area contributed by atoms with Gasteiger partial charge in [0.05, 0.1) is 22.1 Å². The minimum atomic E-state index is -1.18. The number of amides is 1. The topological polar surface area (TPSA) is 98.9 Å². The van der Waals surface area contributed by atoms with Crippen LogP contribution in [0.25, 0.3) is 26.9 Å². The van der Waals surface area contributed by atoms with Crippen molar-refractivity contribution in [1.82, 2.24) is 24.4 Å². The number of carbonyl (C=O) groups excluding carboxylic acids is 1. The van der Waals surface area contributed by atoms with E-state index in [1.807, 2.05) is 6.07 Å². The van der Waals surface area contributed by atoms with Gasteiger partial charge >= 0.3 is 5.69 Å². The summed E-state index contributed by atoms with van der Waals surface area (Å²) in [6.07, 6.45) is 4.29. The van der Waals surface area contributed by atoms with Crippen LogP contribution in [-0.2, 0) is 0 Å². The molecule has 0 saturated heterocycles. The van der Waals surface area contributed by atoms with Crippen molar-refractivity contribution in [2.75, 3.05) is 0 Å². The van der Waals surface area contributed by atoms with Crippen molar-refractivity contribution in [2.24, 2.45) is 0 Å². The van der Waals surface area contributed by atoms with Crippen LogP contribution >= 0.6 is 11.3 Å². The summed E-state index contributed by atoms with van der Waals surface area (Å²) in [6.45, 7) is 0. The number of nitrogens with zero attached hydrogens (tertiary/aromatic N) is 4. The van der Waals surface area contributed by atoms with Gasteiger partial charge in [-0.25, -0.2) is 32.5 Å². The Hall–Kier alpha value is -4.32. The van der Waals surface area contributed by atoms with Crippen molar-refractivity contribution in [1.29, 1.82) is 0 Å². The summed E-state index contributed by atoms with van der Waals surface area (Å²) in [5.41, 5.74) is -1.71. The van der Waals surface area contributed by atoms with Crippen LogP contribution in [0.2, 0.25) is 0 Å². The number of thiophene rings is 1. The molecule has 39 heavy (non-hydrogen) atoms. The Balaban J connectivity index is 1.30. The molecule has 0 spiro atoms. The minimum Gasteiger partial charge on any atom is -0.349 e. The Bertz CT molecular complexity index is 1840. The van der Waals surface area contributed by atoms with Gasteiger partial charge in [-0.3, -0.25) is 14.2 Å². The molecular weight excluding hydrogens is 531 g/mol. The van der Waals surface area contributed by atoms with Crippen LogP contribution < -0.4 is 16.6 Å². The maximum Gasteiger partial charge on any atom is 0.337 e. The van der Waals surface area contributed by atoms with Gasteiger partial charge in [-0.2, -0.15) is 0 Å². The van der Waals surface area contributed by atoms with E-state index in [1.165, 1.54) is 17.4 Å². The number of pyridine rings is 2. The molecule has 0 radical (unpaired) electrons. The first-order chi connectivity index (χ1) is 18.8. The standard InChI is InChI=1S/C27H20F3N5O3S/c28-15-11-19-23(32-13-15)34(18-7-8-20(29)21(30)12-18)27(38)35(26(19)37)17-5-3-16(4-6-17)33-24(36)22-10-14-2-1-9-31-25(14)39-22/h1-2,7-13,16-17H,3-6H2,(H,33,36)/t16-,17+. The third-order valence-electron chi connectivity index (χ3n) is 6.97. The van der Waals surface area contributed by atoms with Gasteiger partial charge < -0.3 is 5.32 Å². The molecule has 1 amide bonds. The molecule has 1 aromatic carbocycles. The quantitative estimate of drug-likeness (QED) is 0.355. The van der Waals surface area contributed by atoms with E-state index >= 15 is 0 Å². The maximum absolute atomic E-state index is 14.1. The number of benzene rings is 1. The Labute approximate surface area is 222 Å². The van der Waals surface area contributed by atoms with E-state index in [2.05, 4.69) is 15.3 Å². The third-order valence-corrected chi connectivity index (χ3v) is 8.03. The Morgan fingerprint density at radius 2 is 1.77 bits per heavy atom. The van der Waals surface area contributed by atoms with Gasteiger partial charge in [0.2, 0.25) is 0 Å². The van der Waals surface area contributed by atoms with Crippen molar-refractivity contribution in [3.8, 4) is 5.69 Å². The number of nitrogens with one attached hydrogen (secondary N) is 1. The highest BCUT2D eigenvalue weighted by Gasteiger charge is 2.28. The zero-order chi connectivity index (χ0) is 27.3. The van der Waals surface area contributed by atoms with Crippen LogP contribution in [-0.4, -0.2) is 31.1 Å². The van der Waals surface area contributed by atoms with Crippen LogP contribution in [0.5, 0.6) is 0 Å². The highest BCUT2D eigenvalue weighted by Crippen LogP contribution is 2.29. The van der Waals surface area contributed by atoms with Gasteiger partial charge in [0.25, 0.3) is 11.5 Å². The van der Waals surface area contributed by atoms with Gasteiger partial charge in [0.15, 0.2) is 17.3 Å². The SMILES string of the molecule is O=C(N[C@H]1CC[C@@H](n2c(=O)c3cc(F)cnc3n(-c3ccc(F)c(F)c3)c2=O)CC1)c1cc2cccnc2s1. The number of aromatic nitrogens is 4. The summed E-state index contributed by atoms with van der Waals surface area (Å²) >= 11 is 1.30. The first-order valence-corrected chi connectivity index (χ1v) is 13.1. The average molecular weight is 552 g/mol. The number of carbonyl (C=O) groups is 1. The van der Waals surface area contributed by atoms with Gasteiger partial charge in [-0.05, 0) is 56.0 Å². The van der Waals surface area contributed by atoms with Crippen molar-refractivity contribution in [3.63, 3.8) is 0 Å². The van der Waals surface area contributed by atoms with Gasteiger partial charge in [0.1, 0.15) is 10.6 Å². The van der Waals surface area contributed by atoms with E-state index in [1.54, 1.807) is 18.3 Å². The monoisotopic (exact) mass is 551 g/mol. The van der Waals surface area contributed by atoms with Crippen molar-refractivity contribution < 1.29 is 18.0 Å². The molecule has 6 rings (SSSR count). The van der Waals surface area contributed by atoms with Crippen LogP contribution in [0.3, 0.4) is 0 Å². The predicted molar refractivity (Wildman–Crippen MR) is 140 cm³/mol. The first kappa shape index (κ1) is 25.0. The average Bonchev–Trinajstić information content (AvgIpc) is 3.37. The van der Waals surface area contributed by atoms with Crippen LogP contribution in [0, 0.1) is 17.5 Å². The summed E-state index contributed by atoms with van der Waals surface area (Å²) in [5, 5.41) is 3.74. The number of fused-ring (bicyclic) bond motifs is 2. The van der Waals surface area contributed by atoms with E-state index in [0.29, 0.717) is 30.6 Å². The molecule has 8 nitrogen and oxygen atoms in total. The minimum absolute atomic E-state index is 0.0458. The summed E-state index contributed by atoms with van der Waals surface area (Å²) in [4.78, 5) is 49.3. The summed E-state index contributed by atoms with van der Waals surface area (Å²) in [7, 11) is 0. The molecule has 1 fully saturated rings. The second-order valence-corrected chi connectivity index (χ2v) is 10.4. The lowest BCUT2D eigenvalue weighted by molar-refractivity contribution is 0.0926. The molecule has 0 bridgehead atoms. The predicted octanol–water partition coefficient (Wildman–Crippen LogP) is 4.49. The van der Waals surface area contributed by atoms with Gasteiger partial charge in [0, 0.05) is 29.7 Å². The fourth-order valence-electron chi connectivity index (χ4n) is 5.08. The largest absolute Gasteiger partial charge is 0.349 e. The van der Waals surface area contributed by atoms with Crippen molar-refractivity contribution >= 4 is 38.5 Å². The lowest BCUT2D eigenvalue weighted by atomic mass is 9.91. The highest BCUT2D eigenvalue weighted by atomic mass is 32.1. The number of halogens is 3. The van der Waals surface area contributed by atoms with Crippen molar-refractivity contribution in [3.05, 3.63) is 98.0 Å². The fraction of sp³-hybridized carbons (Fsp3) is 0.222. The molecule has 4 aromatic heterocycles. The van der Waals surface area contributed by atoms with Gasteiger partial charge in [-0.15, -0.1) is 11.3 Å². The number of rotatable bonds is 4. The maximum atomic E-state index is 14.1. The first-order valence-electron chi connectivity index (χ1n) is 12.2. The van der Waals surface area contributed by atoms with Crippen LogP contribution in [0.4, 0.5) is 13.2 Å². The number of hydrogen-bond donors (Lipinski definition) is 1. The fourth-order valence-corrected chi connectivity index (χ4v) is 5.99. The Morgan fingerprint density at radius 3 is 2.51 bits per heavy atom. The van der Waals surface area contributed by atoms with E-state index in [0.717, 1.165) is 43.7 Å². The molecule has 0 unspecified atom stereocenters. The smallest absolute Gasteiger partial charge is 0.337 e. The Kier molecular flexibility index (Phi) is 6.26. The number of hydrogen-bond acceptors (Lipinski definition) is 6. The molecule has 12 heteroatoms. The molecule has 198 valence electrons. The molecule has 4 heterocycles. The molecule has 0 atom stereocenters. The lowest BCUT2D eigenvalue weighted by Crippen LogP contribution is -2.45. The summed E-state index contributed by atoms with van der Waals surface area (Å²) < 4.78 is 43.7. The van der Waals surface area contributed by atoms with E-state index in [9.17, 15) is 27.6 Å². The molecule has 1 saturated carbocycles. The zero-order valence-corrected chi connectivity index (χ0v) is 21.1. The molecule has 1 aliphatic rings. The van der Waals surface area contributed by atoms with Crippen LogP contribution in [0.1, 0.15) is 41.4 Å². The Morgan fingerprint density at radius 1 is 0.974 bits per heavy atom. The zero-order valence-electron chi connectivity index (χ0n) is 20.2. The second kappa shape index (κ2) is 9.77. The molecule has 1 aliphatic carbocycles. The van der Waals surface area contributed by atoms with E-state index in [4.69, 9.17) is 0 Å². The molecular formula is C27H20F3N5O3S. The highest BCUT2D eigenvalue weighted by molar-refractivity contribution is 7.20. The normalized spacial score (nSPS) is 17.5. The third kappa shape index (κ3) is 4.50. The van der Waals surface area contributed by atoms with E-state index in [-0.39, 0.29) is 28.7 Å². The summed E-state index contributed by atoms with van der Waals surface area (Å²) in [6, 6.07) is 8.61.